The molecule has 1 amide bonds. The summed E-state index contributed by atoms with van der Waals surface area (Å²) in [4.78, 5) is 12.9. The first-order valence-electron chi connectivity index (χ1n) is 9.49. The van der Waals surface area contributed by atoms with E-state index >= 15 is 0 Å². The number of carbonyl (C=O) groups is 1. The molecule has 0 radical (unpaired) electrons. The van der Waals surface area contributed by atoms with Crippen molar-refractivity contribution in [3.05, 3.63) is 64.7 Å². The van der Waals surface area contributed by atoms with Crippen molar-refractivity contribution in [2.24, 2.45) is 0 Å². The first-order chi connectivity index (χ1) is 13.0. The minimum atomic E-state index is -3.63. The average Bonchev–Trinajstić information content (AvgIpc) is 2.59. The van der Waals surface area contributed by atoms with E-state index in [0.717, 1.165) is 29.4 Å². The highest BCUT2D eigenvalue weighted by Gasteiger charge is 2.30. The molecule has 6 heteroatoms. The first kappa shape index (κ1) is 22.0. The zero-order valence-electron chi connectivity index (χ0n) is 17.5. The Hall–Kier alpha value is -2.34. The molecule has 152 valence electrons. The number of hydrogen-bond donors (Lipinski definition) is 1. The number of hydrogen-bond acceptors (Lipinski definition) is 3. The fraction of sp³-hybridized carbons (Fsp3) is 0.409. The molecule has 2 atom stereocenters. The minimum Gasteiger partial charge on any atom is -0.348 e. The predicted molar refractivity (Wildman–Crippen MR) is 115 cm³/mol. The number of benzene rings is 2. The van der Waals surface area contributed by atoms with Crippen LogP contribution in [0.3, 0.4) is 0 Å². The lowest BCUT2D eigenvalue weighted by molar-refractivity contribution is -0.122. The van der Waals surface area contributed by atoms with Crippen LogP contribution < -0.4 is 9.62 Å². The van der Waals surface area contributed by atoms with Crippen molar-refractivity contribution < 1.29 is 13.2 Å². The smallest absolute Gasteiger partial charge is 0.244 e. The van der Waals surface area contributed by atoms with E-state index in [0.29, 0.717) is 5.69 Å². The fourth-order valence-corrected chi connectivity index (χ4v) is 4.50. The molecule has 0 aliphatic carbocycles. The van der Waals surface area contributed by atoms with E-state index in [1.165, 1.54) is 9.87 Å². The van der Waals surface area contributed by atoms with E-state index in [9.17, 15) is 13.2 Å². The Labute approximate surface area is 168 Å². The molecule has 0 aliphatic rings. The lowest BCUT2D eigenvalue weighted by Crippen LogP contribution is -2.48. The van der Waals surface area contributed by atoms with Crippen molar-refractivity contribution in [2.75, 3.05) is 10.6 Å². The van der Waals surface area contributed by atoms with Crippen LogP contribution in [0.2, 0.25) is 0 Å². The summed E-state index contributed by atoms with van der Waals surface area (Å²) in [5, 5.41) is 2.94. The van der Waals surface area contributed by atoms with Crippen LogP contribution in [0.1, 0.15) is 49.1 Å². The summed E-state index contributed by atoms with van der Waals surface area (Å²) in [6.07, 6.45) is 2.08. The van der Waals surface area contributed by atoms with Gasteiger partial charge in [-0.2, -0.15) is 0 Å². The van der Waals surface area contributed by atoms with Gasteiger partial charge in [-0.1, -0.05) is 37.3 Å². The lowest BCUT2D eigenvalue weighted by atomic mass is 10.0. The maximum absolute atomic E-state index is 12.9. The van der Waals surface area contributed by atoms with Gasteiger partial charge >= 0.3 is 0 Å². The van der Waals surface area contributed by atoms with Crippen LogP contribution in [0.15, 0.2) is 42.5 Å². The number of rotatable bonds is 7. The second-order valence-corrected chi connectivity index (χ2v) is 9.27. The second-order valence-electron chi connectivity index (χ2n) is 7.41. The number of amides is 1. The predicted octanol–water partition coefficient (Wildman–Crippen LogP) is 3.90. The van der Waals surface area contributed by atoms with Gasteiger partial charge in [0.1, 0.15) is 6.04 Å². The van der Waals surface area contributed by atoms with Crippen molar-refractivity contribution >= 4 is 21.6 Å². The number of nitrogens with one attached hydrogen (secondary N) is 1. The molecule has 0 saturated carbocycles. The summed E-state index contributed by atoms with van der Waals surface area (Å²) >= 11 is 0. The van der Waals surface area contributed by atoms with E-state index in [4.69, 9.17) is 0 Å². The van der Waals surface area contributed by atoms with Crippen LogP contribution in [0.4, 0.5) is 5.69 Å². The first-order valence-corrected chi connectivity index (χ1v) is 11.3. The zero-order chi connectivity index (χ0) is 21.1. The molecule has 2 aromatic carbocycles. The summed E-state index contributed by atoms with van der Waals surface area (Å²) in [6, 6.07) is 12.5. The molecule has 0 aliphatic heterocycles. The van der Waals surface area contributed by atoms with E-state index < -0.39 is 16.1 Å². The summed E-state index contributed by atoms with van der Waals surface area (Å²) < 4.78 is 26.1. The third kappa shape index (κ3) is 5.35. The van der Waals surface area contributed by atoms with Gasteiger partial charge in [-0.15, -0.1) is 0 Å². The number of aryl methyl sites for hydroxylation is 3. The van der Waals surface area contributed by atoms with Gasteiger partial charge in [0.05, 0.1) is 18.0 Å². The topological polar surface area (TPSA) is 66.5 Å². The molecule has 2 aromatic rings. The Balaban J connectivity index is 2.25. The maximum Gasteiger partial charge on any atom is 0.244 e. The lowest BCUT2D eigenvalue weighted by Gasteiger charge is -2.30. The maximum atomic E-state index is 12.9. The largest absolute Gasteiger partial charge is 0.348 e. The third-order valence-corrected chi connectivity index (χ3v) is 6.04. The second kappa shape index (κ2) is 8.78. The van der Waals surface area contributed by atoms with E-state index in [-0.39, 0.29) is 11.9 Å². The van der Waals surface area contributed by atoms with Crippen molar-refractivity contribution in [3.63, 3.8) is 0 Å². The number of carbonyl (C=O) groups excluding carboxylic acids is 1. The molecule has 2 rings (SSSR count). The highest BCUT2D eigenvalue weighted by Crippen LogP contribution is 2.24. The van der Waals surface area contributed by atoms with Crippen LogP contribution in [0.5, 0.6) is 0 Å². The minimum absolute atomic E-state index is 0.221. The van der Waals surface area contributed by atoms with Crippen molar-refractivity contribution in [3.8, 4) is 0 Å². The molecule has 5 nitrogen and oxygen atoms in total. The van der Waals surface area contributed by atoms with Gasteiger partial charge in [0.25, 0.3) is 0 Å². The van der Waals surface area contributed by atoms with E-state index in [2.05, 4.69) is 12.2 Å². The Kier molecular flexibility index (Phi) is 6.88. The summed E-state index contributed by atoms with van der Waals surface area (Å²) in [5.74, 6) is -0.336. The van der Waals surface area contributed by atoms with Crippen LogP contribution in [-0.4, -0.2) is 26.6 Å². The highest BCUT2D eigenvalue weighted by molar-refractivity contribution is 7.92. The highest BCUT2D eigenvalue weighted by atomic mass is 32.2. The molecule has 0 heterocycles. The summed E-state index contributed by atoms with van der Waals surface area (Å²) in [5.41, 5.74) is 4.60. The van der Waals surface area contributed by atoms with Gasteiger partial charge in [-0.25, -0.2) is 8.42 Å². The van der Waals surface area contributed by atoms with Crippen molar-refractivity contribution in [2.45, 2.75) is 53.1 Å². The molecule has 0 spiro atoms. The SMILES string of the molecule is CCc1ccc(C(C)NC(=O)C(C)N(c2cc(C)cc(C)c2)S(C)(=O)=O)cc1. The summed E-state index contributed by atoms with van der Waals surface area (Å²) in [6.45, 7) is 9.41. The number of nitrogens with zero attached hydrogens (tertiary/aromatic N) is 1. The van der Waals surface area contributed by atoms with Gasteiger partial charge in [0, 0.05) is 0 Å². The molecule has 1 N–H and O–H groups in total. The van der Waals surface area contributed by atoms with Gasteiger partial charge in [-0.05, 0) is 68.5 Å². The van der Waals surface area contributed by atoms with Crippen molar-refractivity contribution in [1.29, 1.82) is 0 Å². The standard InChI is InChI=1S/C22H30N2O3S/c1-7-19-8-10-20(11-9-19)17(4)23-22(25)18(5)24(28(6,26)27)21-13-15(2)12-16(3)14-21/h8-14,17-18H,7H2,1-6H3,(H,23,25). The molecular formula is C22H30N2O3S. The zero-order valence-corrected chi connectivity index (χ0v) is 18.3. The third-order valence-electron chi connectivity index (χ3n) is 4.80. The molecule has 28 heavy (non-hydrogen) atoms. The molecule has 0 aromatic heterocycles. The number of sulfonamides is 1. The van der Waals surface area contributed by atoms with E-state index in [1.54, 1.807) is 19.1 Å². The van der Waals surface area contributed by atoms with Gasteiger partial charge < -0.3 is 5.32 Å². The van der Waals surface area contributed by atoms with Gasteiger partial charge in [0.2, 0.25) is 15.9 Å². The monoisotopic (exact) mass is 402 g/mol. The van der Waals surface area contributed by atoms with Crippen LogP contribution >= 0.6 is 0 Å². The van der Waals surface area contributed by atoms with Gasteiger partial charge in [-0.3, -0.25) is 9.10 Å². The molecule has 2 unspecified atom stereocenters. The fourth-order valence-electron chi connectivity index (χ4n) is 3.35. The van der Waals surface area contributed by atoms with Gasteiger partial charge in [0.15, 0.2) is 0 Å². The van der Waals surface area contributed by atoms with Crippen molar-refractivity contribution in [1.82, 2.24) is 5.32 Å². The van der Waals surface area contributed by atoms with Crippen LogP contribution in [0.25, 0.3) is 0 Å². The quantitative estimate of drug-likeness (QED) is 0.764. The molecule has 0 fully saturated rings. The Morgan fingerprint density at radius 2 is 1.57 bits per heavy atom. The van der Waals surface area contributed by atoms with Crippen LogP contribution in [-0.2, 0) is 21.2 Å². The normalized spacial score (nSPS) is 13.6. The average molecular weight is 403 g/mol. The Morgan fingerprint density at radius 3 is 2.04 bits per heavy atom. The van der Waals surface area contributed by atoms with E-state index in [1.807, 2.05) is 51.1 Å². The Morgan fingerprint density at radius 1 is 1.04 bits per heavy atom. The summed E-state index contributed by atoms with van der Waals surface area (Å²) in [7, 11) is -3.63. The Bertz CT molecular complexity index is 917. The molecule has 0 bridgehead atoms. The molecular weight excluding hydrogens is 372 g/mol. The number of anilines is 1. The van der Waals surface area contributed by atoms with Crippen LogP contribution in [0, 0.1) is 13.8 Å². The molecule has 0 saturated heterocycles.